The van der Waals surface area contributed by atoms with Crippen LogP contribution in [0.25, 0.3) is 10.2 Å². The number of benzene rings is 1. The van der Waals surface area contributed by atoms with E-state index in [0.717, 1.165) is 19.3 Å². The second-order valence-electron chi connectivity index (χ2n) is 7.51. The highest BCUT2D eigenvalue weighted by Crippen LogP contribution is 2.25. The van der Waals surface area contributed by atoms with Gasteiger partial charge in [0.25, 0.3) is 0 Å². The highest BCUT2D eigenvalue weighted by atomic mass is 32.1. The molecule has 0 atom stereocenters. The first-order valence-electron chi connectivity index (χ1n) is 10.9. The lowest BCUT2D eigenvalue weighted by Gasteiger charge is -2.03. The fourth-order valence-electron chi connectivity index (χ4n) is 3.42. The largest absolute Gasteiger partial charge is 0.450 e. The first kappa shape index (κ1) is 21.6. The zero-order valence-electron chi connectivity index (χ0n) is 17.3. The van der Waals surface area contributed by atoms with Crippen molar-refractivity contribution in [3.8, 4) is 6.08 Å². The van der Waals surface area contributed by atoms with Crippen LogP contribution in [0.15, 0.2) is 45.6 Å². The monoisotopic (exact) mass is 413 g/mol. The van der Waals surface area contributed by atoms with Gasteiger partial charge in [-0.25, -0.2) is 4.79 Å². The molecule has 3 rings (SSSR count). The van der Waals surface area contributed by atoms with Gasteiger partial charge in [0.1, 0.15) is 4.83 Å². The lowest BCUT2D eigenvalue weighted by molar-refractivity contribution is 0.220. The van der Waals surface area contributed by atoms with Crippen LogP contribution in [-0.4, -0.2) is 11.6 Å². The average Bonchev–Trinajstić information content (AvgIpc) is 3.14. The molecule has 0 spiro atoms. The van der Waals surface area contributed by atoms with Gasteiger partial charge < -0.3 is 9.15 Å². The highest BCUT2D eigenvalue weighted by Gasteiger charge is 2.12. The highest BCUT2D eigenvalue weighted by molar-refractivity contribution is 7.18. The van der Waals surface area contributed by atoms with Gasteiger partial charge in [-0.2, -0.15) is 4.98 Å². The molecule has 0 aliphatic heterocycles. The van der Waals surface area contributed by atoms with Crippen LogP contribution in [0.1, 0.15) is 68.7 Å². The number of nitrogens with zero attached hydrogens (tertiary/aromatic N) is 1. The summed E-state index contributed by atoms with van der Waals surface area (Å²) >= 11 is 1.58. The second kappa shape index (κ2) is 11.8. The zero-order valence-corrected chi connectivity index (χ0v) is 18.1. The summed E-state index contributed by atoms with van der Waals surface area (Å²) in [5, 5.41) is 0.569. The first-order chi connectivity index (χ1) is 14.3. The summed E-state index contributed by atoms with van der Waals surface area (Å²) < 4.78 is 10.8. The van der Waals surface area contributed by atoms with Gasteiger partial charge in [0, 0.05) is 11.3 Å². The van der Waals surface area contributed by atoms with Crippen molar-refractivity contribution in [3.05, 3.63) is 57.3 Å². The van der Waals surface area contributed by atoms with Gasteiger partial charge >= 0.3 is 11.7 Å². The van der Waals surface area contributed by atoms with Crippen LogP contribution in [0.2, 0.25) is 0 Å². The van der Waals surface area contributed by atoms with Gasteiger partial charge in [0.15, 0.2) is 0 Å². The molecular formula is C24H31NO3S. The molecule has 1 aromatic carbocycles. The molecule has 0 radical (unpaired) electrons. The van der Waals surface area contributed by atoms with Gasteiger partial charge in [0.2, 0.25) is 0 Å². The van der Waals surface area contributed by atoms with Crippen molar-refractivity contribution >= 4 is 21.6 Å². The fourth-order valence-corrected chi connectivity index (χ4v) is 4.46. The third-order valence-corrected chi connectivity index (χ3v) is 6.18. The van der Waals surface area contributed by atoms with Crippen molar-refractivity contribution in [3.63, 3.8) is 0 Å². The van der Waals surface area contributed by atoms with Crippen LogP contribution in [0.5, 0.6) is 6.08 Å². The van der Waals surface area contributed by atoms with Gasteiger partial charge in [-0.15, -0.1) is 11.3 Å². The molecular weight excluding hydrogens is 382 g/mol. The van der Waals surface area contributed by atoms with Crippen molar-refractivity contribution in [2.24, 2.45) is 0 Å². The van der Waals surface area contributed by atoms with Crippen LogP contribution < -0.4 is 10.4 Å². The van der Waals surface area contributed by atoms with Gasteiger partial charge in [-0.05, 0) is 24.5 Å². The molecule has 0 aliphatic carbocycles. The van der Waals surface area contributed by atoms with Crippen LogP contribution in [0.3, 0.4) is 0 Å². The number of unbranched alkanes of at least 4 members (excludes halogenated alkanes) is 7. The maximum absolute atomic E-state index is 12.3. The smallest absolute Gasteiger partial charge is 0.397 e. The van der Waals surface area contributed by atoms with E-state index in [1.165, 1.54) is 55.4 Å². The Kier molecular flexibility index (Phi) is 8.75. The number of thiophene rings is 1. The Labute approximate surface area is 176 Å². The topological polar surface area (TPSA) is 52.3 Å². The number of aromatic nitrogens is 1. The number of fused-ring (bicyclic) bond motifs is 1. The van der Waals surface area contributed by atoms with E-state index in [1.54, 1.807) is 11.3 Å². The molecule has 29 heavy (non-hydrogen) atoms. The van der Waals surface area contributed by atoms with E-state index in [0.29, 0.717) is 16.8 Å². The Balaban J connectivity index is 1.46. The maximum atomic E-state index is 12.3. The summed E-state index contributed by atoms with van der Waals surface area (Å²) in [6.07, 6.45) is 12.2. The quantitative estimate of drug-likeness (QED) is 0.298. The number of hydrogen-bond acceptors (Lipinski definition) is 5. The number of aryl methyl sites for hydroxylation is 1. The number of hydrogen-bond donors (Lipinski definition) is 0. The minimum Gasteiger partial charge on any atom is -0.450 e. The Hall–Kier alpha value is -2.14. The predicted molar refractivity (Wildman–Crippen MR) is 120 cm³/mol. The van der Waals surface area contributed by atoms with Crippen molar-refractivity contribution in [2.75, 3.05) is 6.61 Å². The molecule has 5 heteroatoms. The van der Waals surface area contributed by atoms with E-state index in [1.807, 2.05) is 36.4 Å². The Morgan fingerprint density at radius 1 is 0.966 bits per heavy atom. The van der Waals surface area contributed by atoms with E-state index in [4.69, 9.17) is 9.15 Å². The predicted octanol–water partition coefficient (Wildman–Crippen LogP) is 6.55. The van der Waals surface area contributed by atoms with E-state index >= 15 is 0 Å². The average molecular weight is 414 g/mol. The third-order valence-electron chi connectivity index (χ3n) is 5.09. The SMILES string of the molecule is CCCCCCCCCCc1cc2c(=O)oc(OCCc3ccccc3)nc2s1. The molecule has 0 saturated heterocycles. The molecule has 2 heterocycles. The van der Waals surface area contributed by atoms with E-state index < -0.39 is 0 Å². The van der Waals surface area contributed by atoms with E-state index in [2.05, 4.69) is 11.9 Å². The normalized spacial score (nSPS) is 11.2. The van der Waals surface area contributed by atoms with Gasteiger partial charge in [-0.1, -0.05) is 82.2 Å². The molecule has 0 fully saturated rings. The van der Waals surface area contributed by atoms with Gasteiger partial charge in [-0.3, -0.25) is 0 Å². The standard InChI is InChI=1S/C24H31NO3S/c1-2-3-4-5-6-7-8-12-15-20-18-21-22(29-20)25-24(28-23(21)26)27-17-16-19-13-10-9-11-14-19/h9-11,13-14,18H,2-8,12,15-17H2,1H3. The molecule has 3 aromatic rings. The maximum Gasteiger partial charge on any atom is 0.397 e. The lowest BCUT2D eigenvalue weighted by atomic mass is 10.1. The zero-order chi connectivity index (χ0) is 20.3. The van der Waals surface area contributed by atoms with E-state index in [9.17, 15) is 4.79 Å². The Morgan fingerprint density at radius 2 is 1.69 bits per heavy atom. The number of rotatable bonds is 13. The second-order valence-corrected chi connectivity index (χ2v) is 8.62. The Bertz CT molecular complexity index is 917. The van der Waals surface area contributed by atoms with Crippen molar-refractivity contribution in [2.45, 2.75) is 71.1 Å². The summed E-state index contributed by atoms with van der Waals surface area (Å²) in [7, 11) is 0. The lowest BCUT2D eigenvalue weighted by Crippen LogP contribution is -2.06. The van der Waals surface area contributed by atoms with Crippen LogP contribution in [-0.2, 0) is 12.8 Å². The minimum atomic E-state index is -0.358. The molecule has 0 bridgehead atoms. The van der Waals surface area contributed by atoms with E-state index in [-0.39, 0.29) is 11.7 Å². The molecule has 156 valence electrons. The fraction of sp³-hybridized carbons (Fsp3) is 0.500. The molecule has 0 saturated carbocycles. The van der Waals surface area contributed by atoms with Crippen molar-refractivity contribution < 1.29 is 9.15 Å². The first-order valence-corrected chi connectivity index (χ1v) is 11.7. The molecule has 2 aromatic heterocycles. The Morgan fingerprint density at radius 3 is 2.45 bits per heavy atom. The van der Waals surface area contributed by atoms with Gasteiger partial charge in [0.05, 0.1) is 12.0 Å². The van der Waals surface area contributed by atoms with Crippen molar-refractivity contribution in [1.29, 1.82) is 0 Å². The third kappa shape index (κ3) is 7.00. The summed E-state index contributed by atoms with van der Waals surface area (Å²) in [5.41, 5.74) is 0.822. The molecule has 0 aliphatic rings. The van der Waals surface area contributed by atoms with Crippen LogP contribution >= 0.6 is 11.3 Å². The van der Waals surface area contributed by atoms with Crippen LogP contribution in [0, 0.1) is 0 Å². The molecule has 0 N–H and O–H groups in total. The summed E-state index contributed by atoms with van der Waals surface area (Å²) in [6, 6.07) is 12.0. The molecule has 4 nitrogen and oxygen atoms in total. The number of ether oxygens (including phenoxy) is 1. The summed E-state index contributed by atoms with van der Waals surface area (Å²) in [6.45, 7) is 2.68. The summed E-state index contributed by atoms with van der Waals surface area (Å²) in [4.78, 5) is 18.6. The molecule has 0 unspecified atom stereocenters. The van der Waals surface area contributed by atoms with Crippen LogP contribution in [0.4, 0.5) is 0 Å². The minimum absolute atomic E-state index is 0.0684. The van der Waals surface area contributed by atoms with Crippen molar-refractivity contribution in [1.82, 2.24) is 4.98 Å². The molecule has 0 amide bonds. The summed E-state index contributed by atoms with van der Waals surface area (Å²) in [5.74, 6) is 0.